The summed E-state index contributed by atoms with van der Waals surface area (Å²) in [4.78, 5) is 2.58. The largest absolute Gasteiger partial charge is 0.319 e. The Kier molecular flexibility index (Phi) is 4.60. The minimum atomic E-state index is 0.789. The zero-order chi connectivity index (χ0) is 15.5. The molecule has 0 radical (unpaired) electrons. The summed E-state index contributed by atoms with van der Waals surface area (Å²) in [5.74, 6) is 0.789. The molecule has 1 unspecified atom stereocenters. The first-order valence-electron chi connectivity index (χ1n) is 8.11. The van der Waals surface area contributed by atoms with Gasteiger partial charge in [-0.1, -0.05) is 23.8 Å². The fourth-order valence-electron chi connectivity index (χ4n) is 3.41. The molecule has 3 rings (SSSR count). The Morgan fingerprint density at radius 2 is 2.23 bits per heavy atom. The highest BCUT2D eigenvalue weighted by molar-refractivity contribution is 5.66. The molecule has 1 saturated heterocycles. The molecular formula is C18H26N4. The zero-order valence-electron chi connectivity index (χ0n) is 13.8. The van der Waals surface area contributed by atoms with Crippen molar-refractivity contribution in [1.29, 1.82) is 0 Å². The number of aryl methyl sites for hydroxylation is 2. The second kappa shape index (κ2) is 6.63. The van der Waals surface area contributed by atoms with E-state index in [9.17, 15) is 0 Å². The first kappa shape index (κ1) is 15.3. The van der Waals surface area contributed by atoms with Gasteiger partial charge in [-0.3, -0.25) is 9.58 Å². The number of aromatic nitrogens is 2. The van der Waals surface area contributed by atoms with Crippen LogP contribution in [0.4, 0.5) is 0 Å². The maximum absolute atomic E-state index is 4.33. The van der Waals surface area contributed by atoms with Crippen molar-refractivity contribution in [2.45, 2.75) is 19.9 Å². The predicted octanol–water partition coefficient (Wildman–Crippen LogP) is 2.44. The summed E-state index contributed by atoms with van der Waals surface area (Å²) >= 11 is 0. The highest BCUT2D eigenvalue weighted by Gasteiger charge is 2.22. The zero-order valence-corrected chi connectivity index (χ0v) is 13.8. The molecule has 1 N–H and O–H groups in total. The lowest BCUT2D eigenvalue weighted by atomic mass is 9.99. The summed E-state index contributed by atoms with van der Waals surface area (Å²) in [6, 6.07) is 6.78. The lowest BCUT2D eigenvalue weighted by Gasteiger charge is -2.18. The normalized spacial score (nSPS) is 19.0. The SMILES string of the molecule is CNCC1CCN(Cc2ccc(C)cc2-c2cnn(C)c2)C1. The van der Waals surface area contributed by atoms with Gasteiger partial charge in [-0.15, -0.1) is 0 Å². The third kappa shape index (κ3) is 3.39. The van der Waals surface area contributed by atoms with Crippen molar-refractivity contribution in [2.24, 2.45) is 13.0 Å². The van der Waals surface area contributed by atoms with Crippen LogP contribution in [0.25, 0.3) is 11.1 Å². The molecule has 0 amide bonds. The minimum absolute atomic E-state index is 0.789. The van der Waals surface area contributed by atoms with Crippen LogP contribution in [0.15, 0.2) is 30.6 Å². The molecule has 2 aromatic rings. The number of likely N-dealkylation sites (tertiary alicyclic amines) is 1. The van der Waals surface area contributed by atoms with E-state index in [1.807, 2.05) is 25.0 Å². The molecule has 4 heteroatoms. The van der Waals surface area contributed by atoms with Crippen LogP contribution >= 0.6 is 0 Å². The molecule has 0 bridgehead atoms. The van der Waals surface area contributed by atoms with Crippen molar-refractivity contribution in [3.05, 3.63) is 41.7 Å². The number of nitrogens with zero attached hydrogens (tertiary/aromatic N) is 3. The van der Waals surface area contributed by atoms with Crippen LogP contribution in [0, 0.1) is 12.8 Å². The standard InChI is InChI=1S/C18H26N4/c1-14-4-5-16(13-22-7-6-15(11-22)9-19-2)18(8-14)17-10-20-21(3)12-17/h4-5,8,10,12,15,19H,6-7,9,11,13H2,1-3H3. The molecule has 118 valence electrons. The monoisotopic (exact) mass is 298 g/mol. The van der Waals surface area contributed by atoms with Crippen LogP contribution < -0.4 is 5.32 Å². The molecule has 0 spiro atoms. The van der Waals surface area contributed by atoms with E-state index in [-0.39, 0.29) is 0 Å². The first-order chi connectivity index (χ1) is 10.7. The van der Waals surface area contributed by atoms with Gasteiger partial charge in [0.05, 0.1) is 6.20 Å². The topological polar surface area (TPSA) is 33.1 Å². The number of hydrogen-bond acceptors (Lipinski definition) is 3. The second-order valence-corrected chi connectivity index (χ2v) is 6.51. The maximum atomic E-state index is 4.33. The number of hydrogen-bond donors (Lipinski definition) is 1. The Morgan fingerprint density at radius 1 is 1.36 bits per heavy atom. The molecule has 1 aliphatic rings. The Balaban J connectivity index is 1.79. The van der Waals surface area contributed by atoms with Gasteiger partial charge in [0.15, 0.2) is 0 Å². The Hall–Kier alpha value is -1.65. The van der Waals surface area contributed by atoms with Gasteiger partial charge in [-0.2, -0.15) is 5.10 Å². The summed E-state index contributed by atoms with van der Waals surface area (Å²) in [6.07, 6.45) is 5.37. The Labute approximate surface area is 133 Å². The predicted molar refractivity (Wildman–Crippen MR) is 90.7 cm³/mol. The maximum Gasteiger partial charge on any atom is 0.0568 e. The first-order valence-corrected chi connectivity index (χ1v) is 8.11. The van der Waals surface area contributed by atoms with Crippen molar-refractivity contribution in [3.8, 4) is 11.1 Å². The van der Waals surface area contributed by atoms with Crippen molar-refractivity contribution in [3.63, 3.8) is 0 Å². The smallest absolute Gasteiger partial charge is 0.0568 e. The van der Waals surface area contributed by atoms with E-state index in [0.29, 0.717) is 0 Å². The second-order valence-electron chi connectivity index (χ2n) is 6.51. The molecule has 0 saturated carbocycles. The van der Waals surface area contributed by atoms with Crippen LogP contribution in [0.1, 0.15) is 17.5 Å². The highest BCUT2D eigenvalue weighted by atomic mass is 15.2. The molecule has 4 nitrogen and oxygen atoms in total. The highest BCUT2D eigenvalue weighted by Crippen LogP contribution is 2.27. The quantitative estimate of drug-likeness (QED) is 0.920. The molecule has 1 aromatic carbocycles. The van der Waals surface area contributed by atoms with E-state index in [1.54, 1.807) is 0 Å². The lowest BCUT2D eigenvalue weighted by Crippen LogP contribution is -2.24. The van der Waals surface area contributed by atoms with E-state index in [0.717, 1.165) is 19.0 Å². The Morgan fingerprint density at radius 3 is 2.95 bits per heavy atom. The van der Waals surface area contributed by atoms with Crippen LogP contribution in [-0.4, -0.2) is 41.4 Å². The molecule has 1 fully saturated rings. The van der Waals surface area contributed by atoms with Crippen molar-refractivity contribution in [2.75, 3.05) is 26.7 Å². The molecule has 1 aromatic heterocycles. The Bertz CT molecular complexity index is 632. The van der Waals surface area contributed by atoms with Crippen LogP contribution in [-0.2, 0) is 13.6 Å². The van der Waals surface area contributed by atoms with Gasteiger partial charge in [0.2, 0.25) is 0 Å². The van der Waals surface area contributed by atoms with Gasteiger partial charge >= 0.3 is 0 Å². The van der Waals surface area contributed by atoms with Gasteiger partial charge < -0.3 is 5.32 Å². The fraction of sp³-hybridized carbons (Fsp3) is 0.500. The summed E-state index contributed by atoms with van der Waals surface area (Å²) < 4.78 is 1.88. The molecule has 1 atom stereocenters. The van der Waals surface area contributed by atoms with Crippen LogP contribution in [0.3, 0.4) is 0 Å². The van der Waals surface area contributed by atoms with E-state index < -0.39 is 0 Å². The molecule has 0 aliphatic carbocycles. The summed E-state index contributed by atoms with van der Waals surface area (Å²) in [5.41, 5.74) is 5.25. The van der Waals surface area contributed by atoms with Gasteiger partial charge in [0.25, 0.3) is 0 Å². The van der Waals surface area contributed by atoms with Gasteiger partial charge in [-0.25, -0.2) is 0 Å². The average molecular weight is 298 g/mol. The van der Waals surface area contributed by atoms with E-state index in [2.05, 4.69) is 46.6 Å². The summed E-state index contributed by atoms with van der Waals surface area (Å²) in [6.45, 7) is 6.71. The van der Waals surface area contributed by atoms with Gasteiger partial charge in [-0.05, 0) is 50.5 Å². The van der Waals surface area contributed by atoms with E-state index >= 15 is 0 Å². The minimum Gasteiger partial charge on any atom is -0.319 e. The number of benzene rings is 1. The molecule has 1 aliphatic heterocycles. The lowest BCUT2D eigenvalue weighted by molar-refractivity contribution is 0.316. The van der Waals surface area contributed by atoms with E-state index in [4.69, 9.17) is 0 Å². The van der Waals surface area contributed by atoms with Gasteiger partial charge in [0.1, 0.15) is 0 Å². The van der Waals surface area contributed by atoms with Crippen molar-refractivity contribution < 1.29 is 0 Å². The third-order valence-electron chi connectivity index (χ3n) is 4.54. The van der Waals surface area contributed by atoms with Crippen LogP contribution in [0.2, 0.25) is 0 Å². The summed E-state index contributed by atoms with van der Waals surface area (Å²) in [7, 11) is 4.02. The number of rotatable bonds is 5. The summed E-state index contributed by atoms with van der Waals surface area (Å²) in [5, 5.41) is 7.63. The van der Waals surface area contributed by atoms with Crippen molar-refractivity contribution in [1.82, 2.24) is 20.0 Å². The number of nitrogens with one attached hydrogen (secondary N) is 1. The van der Waals surface area contributed by atoms with E-state index in [1.165, 1.54) is 41.8 Å². The molecule has 22 heavy (non-hydrogen) atoms. The van der Waals surface area contributed by atoms with Gasteiger partial charge in [0, 0.05) is 31.9 Å². The average Bonchev–Trinajstić information content (AvgIpc) is 3.11. The fourth-order valence-corrected chi connectivity index (χ4v) is 3.41. The van der Waals surface area contributed by atoms with Crippen molar-refractivity contribution >= 4 is 0 Å². The third-order valence-corrected chi connectivity index (χ3v) is 4.54. The van der Waals surface area contributed by atoms with Crippen LogP contribution in [0.5, 0.6) is 0 Å². The molecular weight excluding hydrogens is 272 g/mol. The molecule has 2 heterocycles.